The lowest BCUT2D eigenvalue weighted by atomic mass is 10.2. The predicted molar refractivity (Wildman–Crippen MR) is 87.8 cm³/mol. The quantitative estimate of drug-likeness (QED) is 0.752. The summed E-state index contributed by atoms with van der Waals surface area (Å²) in [7, 11) is 8.10. The molecule has 0 heterocycles. The number of benzene rings is 1. The van der Waals surface area contributed by atoms with Gasteiger partial charge in [-0.2, -0.15) is 0 Å². The first-order valence-corrected chi connectivity index (χ1v) is 7.24. The molecule has 0 aromatic heterocycles. The largest absolute Gasteiger partial charge is 0.383 e. The Morgan fingerprint density at radius 1 is 1.20 bits per heavy atom. The first-order valence-electron chi connectivity index (χ1n) is 7.24. The second kappa shape index (κ2) is 8.82. The van der Waals surface area contributed by atoms with Crippen LogP contribution in [0.15, 0.2) is 24.3 Å². The molecule has 0 aliphatic heterocycles. The van der Waals surface area contributed by atoms with E-state index in [2.05, 4.69) is 67.4 Å². The molecule has 0 aliphatic carbocycles. The van der Waals surface area contributed by atoms with Gasteiger partial charge in [-0.3, -0.25) is 0 Å². The highest BCUT2D eigenvalue weighted by molar-refractivity contribution is 5.58. The van der Waals surface area contributed by atoms with E-state index in [0.29, 0.717) is 12.6 Å². The van der Waals surface area contributed by atoms with Crippen LogP contribution in [0.5, 0.6) is 0 Å². The van der Waals surface area contributed by atoms with E-state index in [1.165, 1.54) is 12.1 Å². The Balaban J connectivity index is 2.53. The van der Waals surface area contributed by atoms with E-state index in [0.717, 1.165) is 18.8 Å². The van der Waals surface area contributed by atoms with E-state index >= 15 is 0 Å². The average Bonchev–Trinajstić information content (AvgIpc) is 2.38. The van der Waals surface area contributed by atoms with Gasteiger partial charge in [0.2, 0.25) is 0 Å². The number of anilines is 2. The van der Waals surface area contributed by atoms with Crippen molar-refractivity contribution in [3.05, 3.63) is 24.3 Å². The third-order valence-electron chi connectivity index (χ3n) is 3.22. The molecule has 1 N–H and O–H groups in total. The number of hydrogen-bond donors (Lipinski definition) is 1. The van der Waals surface area contributed by atoms with Crippen molar-refractivity contribution in [1.29, 1.82) is 0 Å². The molecule has 1 aromatic rings. The molecule has 20 heavy (non-hydrogen) atoms. The van der Waals surface area contributed by atoms with Crippen molar-refractivity contribution in [3.63, 3.8) is 0 Å². The first kappa shape index (κ1) is 16.8. The van der Waals surface area contributed by atoms with Crippen LogP contribution in [0, 0.1) is 0 Å². The maximum absolute atomic E-state index is 5.15. The van der Waals surface area contributed by atoms with E-state index in [1.807, 2.05) is 0 Å². The fourth-order valence-corrected chi connectivity index (χ4v) is 2.16. The molecule has 0 amide bonds. The minimum Gasteiger partial charge on any atom is -0.383 e. The van der Waals surface area contributed by atoms with Gasteiger partial charge in [-0.1, -0.05) is 6.07 Å². The number of nitrogens with zero attached hydrogens (tertiary/aromatic N) is 2. The summed E-state index contributed by atoms with van der Waals surface area (Å²) < 4.78 is 5.15. The van der Waals surface area contributed by atoms with Gasteiger partial charge < -0.3 is 19.9 Å². The average molecular weight is 279 g/mol. The molecule has 4 nitrogen and oxygen atoms in total. The summed E-state index contributed by atoms with van der Waals surface area (Å²) in [5, 5.41) is 3.45. The van der Waals surface area contributed by atoms with Crippen LogP contribution >= 0.6 is 0 Å². The van der Waals surface area contributed by atoms with Gasteiger partial charge in [-0.25, -0.2) is 0 Å². The summed E-state index contributed by atoms with van der Waals surface area (Å²) in [4.78, 5) is 4.52. The minimum absolute atomic E-state index is 0.314. The summed E-state index contributed by atoms with van der Waals surface area (Å²) in [5.41, 5.74) is 2.39. The van der Waals surface area contributed by atoms with Gasteiger partial charge >= 0.3 is 0 Å². The second-order valence-electron chi connectivity index (χ2n) is 5.63. The molecule has 0 spiro atoms. The lowest BCUT2D eigenvalue weighted by Gasteiger charge is -2.22. The lowest BCUT2D eigenvalue weighted by molar-refractivity contribution is 0.190. The lowest BCUT2D eigenvalue weighted by Crippen LogP contribution is -2.24. The summed E-state index contributed by atoms with van der Waals surface area (Å²) in [5.74, 6) is 0. The third-order valence-corrected chi connectivity index (χ3v) is 3.22. The Hall–Kier alpha value is -1.26. The maximum Gasteiger partial charge on any atom is 0.0661 e. The van der Waals surface area contributed by atoms with Crippen molar-refractivity contribution in [3.8, 4) is 0 Å². The van der Waals surface area contributed by atoms with Crippen LogP contribution in [-0.4, -0.2) is 58.9 Å². The molecule has 0 saturated carbocycles. The highest BCUT2D eigenvalue weighted by atomic mass is 16.5. The zero-order valence-electron chi connectivity index (χ0n) is 13.5. The van der Waals surface area contributed by atoms with Gasteiger partial charge in [0, 0.05) is 38.1 Å². The topological polar surface area (TPSA) is 27.7 Å². The van der Waals surface area contributed by atoms with Gasteiger partial charge in [0.15, 0.2) is 0 Å². The molecule has 0 fully saturated rings. The predicted octanol–water partition coefficient (Wildman–Crippen LogP) is 2.52. The van der Waals surface area contributed by atoms with E-state index < -0.39 is 0 Å². The molecular weight excluding hydrogens is 250 g/mol. The van der Waals surface area contributed by atoms with Crippen LogP contribution in [0.2, 0.25) is 0 Å². The molecule has 1 aromatic carbocycles. The van der Waals surface area contributed by atoms with Crippen molar-refractivity contribution in [2.45, 2.75) is 19.4 Å². The van der Waals surface area contributed by atoms with Gasteiger partial charge in [0.25, 0.3) is 0 Å². The Kier molecular flexibility index (Phi) is 7.41. The number of rotatable bonds is 9. The number of hydrogen-bond acceptors (Lipinski definition) is 4. The molecule has 1 unspecified atom stereocenters. The highest BCUT2D eigenvalue weighted by Gasteiger charge is 2.05. The summed E-state index contributed by atoms with van der Waals surface area (Å²) in [6, 6.07) is 8.86. The van der Waals surface area contributed by atoms with Crippen LogP contribution in [0.3, 0.4) is 0 Å². The molecular formula is C16H29N3O. The SMILES string of the molecule is COCC(C)Nc1cccc(N(C)CCCN(C)C)c1. The van der Waals surface area contributed by atoms with E-state index in [4.69, 9.17) is 4.74 Å². The number of methoxy groups -OCH3 is 1. The van der Waals surface area contributed by atoms with E-state index in [-0.39, 0.29) is 0 Å². The van der Waals surface area contributed by atoms with Crippen molar-refractivity contribution in [1.82, 2.24) is 4.90 Å². The van der Waals surface area contributed by atoms with Gasteiger partial charge in [-0.05, 0) is 52.2 Å². The Morgan fingerprint density at radius 3 is 2.60 bits per heavy atom. The molecule has 0 saturated heterocycles. The zero-order valence-corrected chi connectivity index (χ0v) is 13.5. The third kappa shape index (κ3) is 6.26. The molecule has 1 rings (SSSR count). The Labute approximate surface area is 123 Å². The van der Waals surface area contributed by atoms with Crippen molar-refractivity contribution < 1.29 is 4.74 Å². The zero-order chi connectivity index (χ0) is 15.0. The van der Waals surface area contributed by atoms with Crippen molar-refractivity contribution >= 4 is 11.4 Å². The Morgan fingerprint density at radius 2 is 1.95 bits per heavy atom. The van der Waals surface area contributed by atoms with E-state index in [9.17, 15) is 0 Å². The summed E-state index contributed by atoms with van der Waals surface area (Å²) in [6.45, 7) is 5.02. The standard InChI is InChI=1S/C16H29N3O/c1-14(13-20-5)17-15-8-6-9-16(12-15)19(4)11-7-10-18(2)3/h6,8-9,12,14,17H,7,10-11,13H2,1-5H3. The summed E-state index contributed by atoms with van der Waals surface area (Å²) in [6.07, 6.45) is 1.17. The molecule has 0 aliphatic rings. The van der Waals surface area contributed by atoms with Gasteiger partial charge in [0.1, 0.15) is 0 Å². The van der Waals surface area contributed by atoms with Crippen LogP contribution < -0.4 is 10.2 Å². The number of ether oxygens (including phenoxy) is 1. The van der Waals surface area contributed by atoms with Gasteiger partial charge in [-0.15, -0.1) is 0 Å². The number of nitrogens with one attached hydrogen (secondary N) is 1. The normalized spacial score (nSPS) is 12.5. The molecule has 114 valence electrons. The first-order chi connectivity index (χ1) is 9.52. The van der Waals surface area contributed by atoms with Crippen LogP contribution in [0.4, 0.5) is 11.4 Å². The van der Waals surface area contributed by atoms with Crippen LogP contribution in [0.25, 0.3) is 0 Å². The molecule has 0 bridgehead atoms. The van der Waals surface area contributed by atoms with E-state index in [1.54, 1.807) is 7.11 Å². The molecule has 4 heteroatoms. The monoisotopic (exact) mass is 279 g/mol. The Bertz CT molecular complexity index is 382. The smallest absolute Gasteiger partial charge is 0.0661 e. The minimum atomic E-state index is 0.314. The highest BCUT2D eigenvalue weighted by Crippen LogP contribution is 2.19. The molecule has 0 radical (unpaired) electrons. The summed E-state index contributed by atoms with van der Waals surface area (Å²) >= 11 is 0. The fraction of sp³-hybridized carbons (Fsp3) is 0.625. The van der Waals surface area contributed by atoms with Crippen molar-refractivity contribution in [2.24, 2.45) is 0 Å². The van der Waals surface area contributed by atoms with Gasteiger partial charge in [0.05, 0.1) is 6.61 Å². The van der Waals surface area contributed by atoms with Crippen molar-refractivity contribution in [2.75, 3.05) is 58.2 Å². The van der Waals surface area contributed by atoms with Crippen LogP contribution in [0.1, 0.15) is 13.3 Å². The maximum atomic E-state index is 5.15. The van der Waals surface area contributed by atoms with Crippen LogP contribution in [-0.2, 0) is 4.74 Å². The molecule has 1 atom stereocenters. The second-order valence-corrected chi connectivity index (χ2v) is 5.63. The fourth-order valence-electron chi connectivity index (χ4n) is 2.16.